The van der Waals surface area contributed by atoms with E-state index in [1.54, 1.807) is 30.0 Å². The number of rotatable bonds is 8. The van der Waals surface area contributed by atoms with E-state index < -0.39 is 5.92 Å². The molecule has 0 radical (unpaired) electrons. The zero-order chi connectivity index (χ0) is 20.6. The van der Waals surface area contributed by atoms with Crippen molar-refractivity contribution in [2.75, 3.05) is 11.4 Å². The highest BCUT2D eigenvalue weighted by molar-refractivity contribution is 6.02. The van der Waals surface area contributed by atoms with Crippen LogP contribution >= 0.6 is 0 Å². The van der Waals surface area contributed by atoms with Crippen LogP contribution in [0.1, 0.15) is 11.1 Å². The van der Waals surface area contributed by atoms with Gasteiger partial charge in [-0.3, -0.25) is 9.69 Å². The molecule has 6 heteroatoms. The summed E-state index contributed by atoms with van der Waals surface area (Å²) in [6.45, 7) is 1.65. The van der Waals surface area contributed by atoms with Crippen molar-refractivity contribution in [2.45, 2.75) is 13.3 Å². The third-order valence-corrected chi connectivity index (χ3v) is 4.74. The fourth-order valence-corrected chi connectivity index (χ4v) is 3.26. The molecule has 0 N–H and O–H groups in total. The molecule has 1 unspecified atom stereocenters. The smallest absolute Gasteiger partial charge is 0.236 e. The Hall–Kier alpha value is -3.67. The highest BCUT2D eigenvalue weighted by Crippen LogP contribution is 2.32. The van der Waals surface area contributed by atoms with Crippen LogP contribution in [0.5, 0.6) is 0 Å². The summed E-state index contributed by atoms with van der Waals surface area (Å²) < 4.78 is 0. The van der Waals surface area contributed by atoms with Crippen molar-refractivity contribution in [3.63, 3.8) is 0 Å². The standard InChI is InChI=1S/C23H21N3O3/c1-17-14-21(12-13-22(17)25-29)26(20-10-6-3-7-11-20)23(27)19(16-24-28)15-18-8-4-2-5-9-18/h2-14,19H,15-16H2,1H3. The van der Waals surface area contributed by atoms with Crippen LogP contribution in [0.15, 0.2) is 89.2 Å². The predicted molar refractivity (Wildman–Crippen MR) is 115 cm³/mol. The number of carbonyl (C=O) groups is 1. The molecule has 1 amide bonds. The molecular formula is C23H21N3O3. The van der Waals surface area contributed by atoms with Gasteiger partial charge in [-0.2, -0.15) is 4.91 Å². The van der Waals surface area contributed by atoms with Crippen molar-refractivity contribution in [2.24, 2.45) is 16.3 Å². The average Bonchev–Trinajstić information content (AvgIpc) is 2.75. The Morgan fingerprint density at radius 1 is 0.897 bits per heavy atom. The normalized spacial score (nSPS) is 11.5. The fraction of sp³-hybridized carbons (Fsp3) is 0.174. The number of anilines is 2. The van der Waals surface area contributed by atoms with E-state index in [2.05, 4.69) is 10.4 Å². The summed E-state index contributed by atoms with van der Waals surface area (Å²) in [6.07, 6.45) is 0.404. The van der Waals surface area contributed by atoms with E-state index in [4.69, 9.17) is 0 Å². The molecule has 29 heavy (non-hydrogen) atoms. The summed E-state index contributed by atoms with van der Waals surface area (Å²) in [6, 6.07) is 23.8. The van der Waals surface area contributed by atoms with Crippen LogP contribution in [0.25, 0.3) is 0 Å². The number of amides is 1. The lowest BCUT2D eigenvalue weighted by Crippen LogP contribution is -2.35. The lowest BCUT2D eigenvalue weighted by Gasteiger charge is -2.27. The Morgan fingerprint density at radius 2 is 1.55 bits per heavy atom. The number of benzene rings is 3. The molecule has 0 heterocycles. The molecule has 3 aromatic rings. The quantitative estimate of drug-likeness (QED) is 0.466. The van der Waals surface area contributed by atoms with Gasteiger partial charge in [0.2, 0.25) is 5.91 Å². The minimum absolute atomic E-state index is 0.121. The number of aryl methyl sites for hydroxylation is 1. The summed E-state index contributed by atoms with van der Waals surface area (Å²) in [7, 11) is 0. The van der Waals surface area contributed by atoms with Crippen molar-refractivity contribution in [3.8, 4) is 0 Å². The Kier molecular flexibility index (Phi) is 6.58. The lowest BCUT2D eigenvalue weighted by atomic mass is 9.97. The van der Waals surface area contributed by atoms with Gasteiger partial charge in [0, 0.05) is 11.4 Å². The van der Waals surface area contributed by atoms with Gasteiger partial charge in [-0.15, -0.1) is 4.91 Å². The van der Waals surface area contributed by atoms with Crippen LogP contribution in [0.2, 0.25) is 0 Å². The molecule has 0 aliphatic rings. The topological polar surface area (TPSA) is 79.2 Å². The molecular weight excluding hydrogens is 366 g/mol. The van der Waals surface area contributed by atoms with Gasteiger partial charge >= 0.3 is 0 Å². The highest BCUT2D eigenvalue weighted by Gasteiger charge is 2.28. The zero-order valence-corrected chi connectivity index (χ0v) is 16.1. The summed E-state index contributed by atoms with van der Waals surface area (Å²) in [5.41, 5.74) is 3.23. The van der Waals surface area contributed by atoms with E-state index in [0.29, 0.717) is 29.0 Å². The largest absolute Gasteiger partial charge is 0.281 e. The van der Waals surface area contributed by atoms with E-state index in [1.165, 1.54) is 0 Å². The van der Waals surface area contributed by atoms with E-state index in [-0.39, 0.29) is 12.5 Å². The molecule has 146 valence electrons. The first-order chi connectivity index (χ1) is 14.1. The third-order valence-electron chi connectivity index (χ3n) is 4.74. The molecule has 0 bridgehead atoms. The van der Waals surface area contributed by atoms with Gasteiger partial charge in [-0.05, 0) is 60.0 Å². The Morgan fingerprint density at radius 3 is 2.14 bits per heavy atom. The van der Waals surface area contributed by atoms with Crippen LogP contribution in [0.3, 0.4) is 0 Å². The maximum atomic E-state index is 13.5. The number of carbonyl (C=O) groups excluding carboxylic acids is 1. The van der Waals surface area contributed by atoms with Crippen molar-refractivity contribution in [3.05, 3.63) is 99.8 Å². The Balaban J connectivity index is 2.02. The van der Waals surface area contributed by atoms with Crippen molar-refractivity contribution in [1.29, 1.82) is 0 Å². The number of para-hydroxylation sites is 1. The molecule has 1 atom stereocenters. The van der Waals surface area contributed by atoms with Crippen LogP contribution in [0.4, 0.5) is 17.1 Å². The van der Waals surface area contributed by atoms with E-state index in [0.717, 1.165) is 5.56 Å². The van der Waals surface area contributed by atoms with Gasteiger partial charge in [0.15, 0.2) is 0 Å². The second-order valence-electron chi connectivity index (χ2n) is 6.77. The molecule has 0 saturated carbocycles. The number of nitroso groups, excluding NO2 is 2. The van der Waals surface area contributed by atoms with Crippen LogP contribution in [0, 0.1) is 22.7 Å². The molecule has 0 saturated heterocycles. The molecule has 3 aromatic carbocycles. The van der Waals surface area contributed by atoms with Crippen molar-refractivity contribution >= 4 is 23.0 Å². The second-order valence-corrected chi connectivity index (χ2v) is 6.77. The SMILES string of the molecule is Cc1cc(N(C(=O)C(CN=O)Cc2ccccc2)c2ccccc2)ccc1N=O. The van der Waals surface area contributed by atoms with Crippen molar-refractivity contribution in [1.82, 2.24) is 0 Å². The first-order valence-corrected chi connectivity index (χ1v) is 9.30. The first kappa shape index (κ1) is 20.1. The molecule has 0 aliphatic carbocycles. The first-order valence-electron chi connectivity index (χ1n) is 9.30. The van der Waals surface area contributed by atoms with E-state index >= 15 is 0 Å². The molecule has 6 nitrogen and oxygen atoms in total. The molecule has 3 rings (SSSR count). The number of hydrogen-bond donors (Lipinski definition) is 0. The third kappa shape index (κ3) is 4.79. The summed E-state index contributed by atoms with van der Waals surface area (Å²) in [4.78, 5) is 37.1. The molecule has 0 spiro atoms. The average molecular weight is 387 g/mol. The summed E-state index contributed by atoms with van der Waals surface area (Å²) >= 11 is 0. The van der Waals surface area contributed by atoms with Crippen molar-refractivity contribution < 1.29 is 4.79 Å². The summed E-state index contributed by atoms with van der Waals surface area (Å²) in [5, 5.41) is 6.01. The zero-order valence-electron chi connectivity index (χ0n) is 16.1. The lowest BCUT2D eigenvalue weighted by molar-refractivity contribution is -0.121. The van der Waals surface area contributed by atoms with Crippen LogP contribution < -0.4 is 4.90 Å². The molecule has 0 aromatic heterocycles. The Labute approximate surface area is 169 Å². The van der Waals surface area contributed by atoms with Gasteiger partial charge < -0.3 is 0 Å². The van der Waals surface area contributed by atoms with Gasteiger partial charge in [-0.1, -0.05) is 53.7 Å². The monoisotopic (exact) mass is 387 g/mol. The van der Waals surface area contributed by atoms with Gasteiger partial charge in [0.1, 0.15) is 5.69 Å². The maximum absolute atomic E-state index is 13.5. The van der Waals surface area contributed by atoms with Gasteiger partial charge in [0.05, 0.1) is 12.5 Å². The van der Waals surface area contributed by atoms with Gasteiger partial charge in [0.25, 0.3) is 0 Å². The van der Waals surface area contributed by atoms with Crippen LogP contribution in [-0.2, 0) is 11.2 Å². The molecule has 0 aliphatic heterocycles. The number of hydrogen-bond acceptors (Lipinski definition) is 5. The van der Waals surface area contributed by atoms with E-state index in [9.17, 15) is 14.6 Å². The van der Waals surface area contributed by atoms with Gasteiger partial charge in [-0.25, -0.2) is 0 Å². The second kappa shape index (κ2) is 9.50. The Bertz CT molecular complexity index is 991. The predicted octanol–water partition coefficient (Wildman–Crippen LogP) is 5.68. The summed E-state index contributed by atoms with van der Waals surface area (Å²) in [5.74, 6) is -0.842. The van der Waals surface area contributed by atoms with Crippen LogP contribution in [-0.4, -0.2) is 12.5 Å². The minimum atomic E-state index is -0.612. The highest BCUT2D eigenvalue weighted by atomic mass is 16.3. The molecule has 0 fully saturated rings. The fourth-order valence-electron chi connectivity index (χ4n) is 3.26. The maximum Gasteiger partial charge on any atom is 0.236 e. The minimum Gasteiger partial charge on any atom is -0.281 e. The van der Waals surface area contributed by atoms with E-state index in [1.807, 2.05) is 60.7 Å². The number of nitrogens with zero attached hydrogens (tertiary/aromatic N) is 3.